The maximum absolute atomic E-state index is 12.7. The monoisotopic (exact) mass is 396 g/mol. The topological polar surface area (TPSA) is 64.2 Å². The molecule has 0 saturated carbocycles. The van der Waals surface area contributed by atoms with E-state index in [0.29, 0.717) is 17.5 Å². The second-order valence-electron chi connectivity index (χ2n) is 6.48. The molecule has 1 amide bonds. The lowest BCUT2D eigenvalue weighted by Gasteiger charge is -2.25. The van der Waals surface area contributed by atoms with Crippen LogP contribution in [-0.4, -0.2) is 38.4 Å². The van der Waals surface area contributed by atoms with Crippen LogP contribution in [0.4, 0.5) is 0 Å². The van der Waals surface area contributed by atoms with Crippen LogP contribution in [0.1, 0.15) is 24.3 Å². The van der Waals surface area contributed by atoms with E-state index in [4.69, 9.17) is 4.42 Å². The zero-order valence-corrected chi connectivity index (χ0v) is 17.1. The molecule has 2 heterocycles. The highest BCUT2D eigenvalue weighted by atomic mass is 32.2. The molecule has 0 radical (unpaired) electrons. The second-order valence-corrected chi connectivity index (χ2v) is 7.42. The summed E-state index contributed by atoms with van der Waals surface area (Å²) in [5.41, 5.74) is 2.00. The van der Waals surface area contributed by atoms with Crippen molar-refractivity contribution in [2.75, 3.05) is 12.8 Å². The number of furan rings is 1. The van der Waals surface area contributed by atoms with Crippen molar-refractivity contribution in [2.45, 2.75) is 31.6 Å². The Hall–Kier alpha value is -2.80. The Kier molecular flexibility index (Phi) is 6.36. The van der Waals surface area contributed by atoms with Gasteiger partial charge in [-0.25, -0.2) is 0 Å². The summed E-state index contributed by atoms with van der Waals surface area (Å²) in [6, 6.07) is 11.9. The van der Waals surface area contributed by atoms with Gasteiger partial charge in [0.15, 0.2) is 11.0 Å². The van der Waals surface area contributed by atoms with Crippen molar-refractivity contribution in [3.8, 4) is 11.4 Å². The normalized spacial score (nSPS) is 12.0. The third-order valence-corrected chi connectivity index (χ3v) is 5.66. The molecule has 0 fully saturated rings. The molecule has 0 saturated heterocycles. The van der Waals surface area contributed by atoms with Crippen LogP contribution in [-0.2, 0) is 11.3 Å². The molecule has 1 aromatic carbocycles. The number of nitrogens with zero attached hydrogens (tertiary/aromatic N) is 4. The first kappa shape index (κ1) is 19.9. The number of rotatable bonds is 8. The van der Waals surface area contributed by atoms with Gasteiger partial charge in [0, 0.05) is 13.6 Å². The highest BCUT2D eigenvalue weighted by molar-refractivity contribution is 7.99. The lowest BCUT2D eigenvalue weighted by molar-refractivity contribution is -0.128. The van der Waals surface area contributed by atoms with Gasteiger partial charge in [0.05, 0.1) is 23.6 Å². The number of carbonyl (C=O) groups is 1. The Labute approximate surface area is 169 Å². The van der Waals surface area contributed by atoms with Gasteiger partial charge < -0.3 is 9.32 Å². The van der Waals surface area contributed by atoms with Crippen molar-refractivity contribution in [2.24, 2.45) is 0 Å². The average Bonchev–Trinajstić information content (AvgIpc) is 3.31. The molecule has 28 heavy (non-hydrogen) atoms. The molecule has 6 nitrogen and oxygen atoms in total. The van der Waals surface area contributed by atoms with Crippen LogP contribution in [0.25, 0.3) is 11.4 Å². The van der Waals surface area contributed by atoms with Crippen molar-refractivity contribution in [1.82, 2.24) is 19.7 Å². The van der Waals surface area contributed by atoms with Crippen molar-refractivity contribution in [1.29, 1.82) is 0 Å². The maximum Gasteiger partial charge on any atom is 0.233 e. The summed E-state index contributed by atoms with van der Waals surface area (Å²) in [5.74, 6) is 1.82. The minimum absolute atomic E-state index is 0.00415. The quantitative estimate of drug-likeness (QED) is 0.418. The molecule has 2 aromatic heterocycles. The van der Waals surface area contributed by atoms with Crippen molar-refractivity contribution in [3.63, 3.8) is 0 Å². The molecule has 146 valence electrons. The summed E-state index contributed by atoms with van der Waals surface area (Å²) in [6.45, 7) is 8.29. The summed E-state index contributed by atoms with van der Waals surface area (Å²) < 4.78 is 7.33. The van der Waals surface area contributed by atoms with E-state index in [2.05, 4.69) is 16.8 Å². The van der Waals surface area contributed by atoms with Crippen molar-refractivity contribution < 1.29 is 9.21 Å². The minimum atomic E-state index is 0.00415. The van der Waals surface area contributed by atoms with Crippen molar-refractivity contribution >= 4 is 17.7 Å². The number of hydrogen-bond donors (Lipinski definition) is 0. The standard InChI is InChI=1S/C21H24N4O2S/c1-5-12-25-20(18-11-13-27-16(18)3)22-23-21(25)28-14-19(26)24(4)15(2)17-9-7-6-8-10-17/h5-11,13,15H,1,12,14H2,2-4H3. The second kappa shape index (κ2) is 8.93. The molecule has 0 aliphatic carbocycles. The summed E-state index contributed by atoms with van der Waals surface area (Å²) in [6.07, 6.45) is 3.42. The number of aryl methyl sites for hydroxylation is 1. The molecule has 0 bridgehead atoms. The third-order valence-electron chi connectivity index (χ3n) is 4.71. The van der Waals surface area contributed by atoms with Crippen LogP contribution in [0.2, 0.25) is 0 Å². The van der Waals surface area contributed by atoms with Crippen LogP contribution >= 0.6 is 11.8 Å². The summed E-state index contributed by atoms with van der Waals surface area (Å²) in [4.78, 5) is 14.5. The predicted molar refractivity (Wildman–Crippen MR) is 111 cm³/mol. The van der Waals surface area contributed by atoms with E-state index in [1.54, 1.807) is 17.2 Å². The van der Waals surface area contributed by atoms with E-state index in [1.807, 2.05) is 61.9 Å². The van der Waals surface area contributed by atoms with Gasteiger partial charge in [-0.05, 0) is 25.5 Å². The van der Waals surface area contributed by atoms with Crippen LogP contribution < -0.4 is 0 Å². The van der Waals surface area contributed by atoms with E-state index in [0.717, 1.165) is 16.9 Å². The number of aromatic nitrogens is 3. The number of allylic oxidation sites excluding steroid dienone is 1. The van der Waals surface area contributed by atoms with E-state index in [1.165, 1.54) is 11.8 Å². The largest absolute Gasteiger partial charge is 0.469 e. The number of benzene rings is 1. The van der Waals surface area contributed by atoms with Crippen LogP contribution in [0, 0.1) is 6.92 Å². The van der Waals surface area contributed by atoms with Gasteiger partial charge in [0.25, 0.3) is 0 Å². The minimum Gasteiger partial charge on any atom is -0.469 e. The Bertz CT molecular complexity index is 948. The zero-order chi connectivity index (χ0) is 20.1. The molecule has 0 aliphatic heterocycles. The fourth-order valence-electron chi connectivity index (χ4n) is 2.90. The molecular formula is C21H24N4O2S. The molecule has 0 spiro atoms. The molecule has 1 unspecified atom stereocenters. The van der Waals surface area contributed by atoms with E-state index >= 15 is 0 Å². The fourth-order valence-corrected chi connectivity index (χ4v) is 3.78. The van der Waals surface area contributed by atoms with Gasteiger partial charge in [0.2, 0.25) is 5.91 Å². The summed E-state index contributed by atoms with van der Waals surface area (Å²) >= 11 is 1.38. The smallest absolute Gasteiger partial charge is 0.233 e. The number of hydrogen-bond acceptors (Lipinski definition) is 5. The number of amides is 1. The van der Waals surface area contributed by atoms with Gasteiger partial charge in [0.1, 0.15) is 5.76 Å². The molecule has 1 atom stereocenters. The summed E-state index contributed by atoms with van der Waals surface area (Å²) in [7, 11) is 1.83. The molecule has 0 N–H and O–H groups in total. The molecular weight excluding hydrogens is 372 g/mol. The van der Waals surface area contributed by atoms with Gasteiger partial charge >= 0.3 is 0 Å². The van der Waals surface area contributed by atoms with Crippen LogP contribution in [0.5, 0.6) is 0 Å². The lowest BCUT2D eigenvalue weighted by atomic mass is 10.1. The Morgan fingerprint density at radius 1 is 1.32 bits per heavy atom. The van der Waals surface area contributed by atoms with Gasteiger partial charge in [-0.3, -0.25) is 9.36 Å². The summed E-state index contributed by atoms with van der Waals surface area (Å²) in [5, 5.41) is 9.27. The molecule has 3 aromatic rings. The Morgan fingerprint density at radius 2 is 2.07 bits per heavy atom. The first-order chi connectivity index (χ1) is 13.5. The van der Waals surface area contributed by atoms with Gasteiger partial charge in [-0.1, -0.05) is 48.2 Å². The van der Waals surface area contributed by atoms with Crippen LogP contribution in [0.15, 0.2) is 64.9 Å². The number of thioether (sulfide) groups is 1. The highest BCUT2D eigenvalue weighted by Crippen LogP contribution is 2.28. The molecule has 0 aliphatic rings. The first-order valence-corrected chi connectivity index (χ1v) is 10.0. The highest BCUT2D eigenvalue weighted by Gasteiger charge is 2.20. The average molecular weight is 397 g/mol. The Balaban J connectivity index is 1.72. The lowest BCUT2D eigenvalue weighted by Crippen LogP contribution is -2.31. The third kappa shape index (κ3) is 4.20. The Morgan fingerprint density at radius 3 is 2.71 bits per heavy atom. The zero-order valence-electron chi connectivity index (χ0n) is 16.3. The van der Waals surface area contributed by atoms with E-state index < -0.39 is 0 Å². The van der Waals surface area contributed by atoms with Crippen LogP contribution in [0.3, 0.4) is 0 Å². The number of carbonyl (C=O) groups excluding carboxylic acids is 1. The molecule has 7 heteroatoms. The maximum atomic E-state index is 12.7. The predicted octanol–water partition coefficient (Wildman–Crippen LogP) is 4.34. The van der Waals surface area contributed by atoms with E-state index in [-0.39, 0.29) is 17.7 Å². The van der Waals surface area contributed by atoms with Gasteiger partial charge in [-0.2, -0.15) is 0 Å². The fraction of sp³-hybridized carbons (Fsp3) is 0.286. The van der Waals surface area contributed by atoms with E-state index in [9.17, 15) is 4.79 Å². The van der Waals surface area contributed by atoms with Crippen molar-refractivity contribution in [3.05, 3.63) is 66.6 Å². The molecule has 3 rings (SSSR count). The van der Waals surface area contributed by atoms with Gasteiger partial charge in [-0.15, -0.1) is 16.8 Å². The first-order valence-electron chi connectivity index (χ1n) is 9.05. The SMILES string of the molecule is C=CCn1c(SCC(=O)N(C)C(C)c2ccccc2)nnc1-c1ccoc1C.